The van der Waals surface area contributed by atoms with Crippen molar-refractivity contribution in [1.29, 1.82) is 0 Å². The van der Waals surface area contributed by atoms with Gasteiger partial charge in [-0.15, -0.1) is 0 Å². The maximum Gasteiger partial charge on any atom is 0.313 e. The van der Waals surface area contributed by atoms with Gasteiger partial charge in [0.25, 0.3) is 0 Å². The molecule has 1 aliphatic heterocycles. The lowest BCUT2D eigenvalue weighted by atomic mass is 10.1. The van der Waals surface area contributed by atoms with Crippen LogP contribution in [0.3, 0.4) is 0 Å². The quantitative estimate of drug-likeness (QED) is 0.715. The van der Waals surface area contributed by atoms with Crippen molar-refractivity contribution in [2.24, 2.45) is 5.73 Å². The van der Waals surface area contributed by atoms with E-state index in [-0.39, 0.29) is 6.17 Å². The number of nitrogens with one attached hydrogen (secondary N) is 1. The van der Waals surface area contributed by atoms with E-state index in [1.165, 1.54) is 0 Å². The minimum atomic E-state index is -0.438. The maximum atomic E-state index is 10.7. The molecule has 4 nitrogen and oxygen atoms in total. The van der Waals surface area contributed by atoms with Crippen LogP contribution < -0.4 is 11.1 Å². The number of allylic oxidation sites excluding steroid dienone is 1. The van der Waals surface area contributed by atoms with Gasteiger partial charge in [0.05, 0.1) is 0 Å². The summed E-state index contributed by atoms with van der Waals surface area (Å²) in [5.41, 5.74) is 5.11. The molecule has 3 N–H and O–H groups in total. The van der Waals surface area contributed by atoms with E-state index in [1.54, 1.807) is 0 Å². The van der Waals surface area contributed by atoms with E-state index in [1.807, 2.05) is 0 Å². The highest BCUT2D eigenvalue weighted by Crippen LogP contribution is 2.13. The summed E-state index contributed by atoms with van der Waals surface area (Å²) in [5.74, 6) is 0. The van der Waals surface area contributed by atoms with Crippen LogP contribution >= 0.6 is 0 Å². The largest absolute Gasteiger partial charge is 0.358 e. The van der Waals surface area contributed by atoms with Gasteiger partial charge in [0.2, 0.25) is 0 Å². The number of primary amides is 1. The van der Waals surface area contributed by atoms with Crippen molar-refractivity contribution >= 4 is 6.03 Å². The minimum Gasteiger partial charge on any atom is -0.358 e. The lowest BCUT2D eigenvalue weighted by Gasteiger charge is -2.33. The Balaban J connectivity index is 2.44. The fourth-order valence-electron chi connectivity index (χ4n) is 1.62. The molecule has 1 atom stereocenters. The van der Waals surface area contributed by atoms with Crippen molar-refractivity contribution in [3.05, 3.63) is 12.3 Å². The molecule has 4 heteroatoms. The Kier molecular flexibility index (Phi) is 4.29. The second-order valence-electron chi connectivity index (χ2n) is 3.58. The number of carbonyl (C=O) groups is 1. The number of urea groups is 1. The number of amides is 2. The van der Waals surface area contributed by atoms with Crippen LogP contribution in [-0.4, -0.2) is 23.6 Å². The molecule has 0 bridgehead atoms. The second kappa shape index (κ2) is 5.52. The SMILES string of the molecule is CCCCN1C=CCCC1NC(N)=O. The number of nitrogens with zero attached hydrogens (tertiary/aromatic N) is 1. The fraction of sp³-hybridized carbons (Fsp3) is 0.700. The molecular weight excluding hydrogens is 178 g/mol. The third kappa shape index (κ3) is 3.28. The Hall–Kier alpha value is -1.19. The van der Waals surface area contributed by atoms with Crippen LogP contribution in [0.25, 0.3) is 0 Å². The van der Waals surface area contributed by atoms with E-state index >= 15 is 0 Å². The molecule has 1 rings (SSSR count). The molecule has 2 amide bonds. The Morgan fingerprint density at radius 2 is 2.50 bits per heavy atom. The van der Waals surface area contributed by atoms with E-state index in [0.717, 1.165) is 32.2 Å². The lowest BCUT2D eigenvalue weighted by molar-refractivity contribution is 0.198. The second-order valence-corrected chi connectivity index (χ2v) is 3.58. The van der Waals surface area contributed by atoms with Gasteiger partial charge in [0, 0.05) is 6.54 Å². The first-order valence-corrected chi connectivity index (χ1v) is 5.22. The number of hydrogen-bond acceptors (Lipinski definition) is 2. The number of unbranched alkanes of at least 4 members (excludes halogenated alkanes) is 1. The van der Waals surface area contributed by atoms with E-state index in [9.17, 15) is 4.79 Å². The summed E-state index contributed by atoms with van der Waals surface area (Å²) in [5, 5.41) is 2.75. The van der Waals surface area contributed by atoms with Gasteiger partial charge in [-0.3, -0.25) is 0 Å². The highest BCUT2D eigenvalue weighted by Gasteiger charge is 2.17. The summed E-state index contributed by atoms with van der Waals surface area (Å²) in [7, 11) is 0. The molecule has 0 aromatic rings. The zero-order chi connectivity index (χ0) is 10.4. The Bertz CT molecular complexity index is 215. The van der Waals surface area contributed by atoms with Crippen molar-refractivity contribution in [3.63, 3.8) is 0 Å². The van der Waals surface area contributed by atoms with Gasteiger partial charge in [-0.25, -0.2) is 4.79 Å². The monoisotopic (exact) mass is 197 g/mol. The van der Waals surface area contributed by atoms with E-state index in [4.69, 9.17) is 5.73 Å². The Labute approximate surface area is 85.1 Å². The summed E-state index contributed by atoms with van der Waals surface area (Å²) >= 11 is 0. The first-order valence-electron chi connectivity index (χ1n) is 5.22. The standard InChI is InChI=1S/C10H19N3O/c1-2-3-7-13-8-5-4-6-9(13)12-10(11)14/h5,8-9H,2-4,6-7H2,1H3,(H3,11,12,14). The van der Waals surface area contributed by atoms with Gasteiger partial charge in [-0.2, -0.15) is 0 Å². The molecule has 0 radical (unpaired) electrons. The van der Waals surface area contributed by atoms with Crippen molar-refractivity contribution in [3.8, 4) is 0 Å². The zero-order valence-electron chi connectivity index (χ0n) is 8.70. The van der Waals surface area contributed by atoms with Gasteiger partial charge in [0.15, 0.2) is 0 Å². The van der Waals surface area contributed by atoms with Crippen LogP contribution in [0, 0.1) is 0 Å². The van der Waals surface area contributed by atoms with Gasteiger partial charge in [-0.1, -0.05) is 19.4 Å². The van der Waals surface area contributed by atoms with Gasteiger partial charge >= 0.3 is 6.03 Å². The van der Waals surface area contributed by atoms with Crippen molar-refractivity contribution in [1.82, 2.24) is 10.2 Å². The van der Waals surface area contributed by atoms with Crippen LogP contribution in [-0.2, 0) is 0 Å². The van der Waals surface area contributed by atoms with E-state index < -0.39 is 6.03 Å². The average Bonchev–Trinajstić information content (AvgIpc) is 2.16. The third-order valence-corrected chi connectivity index (χ3v) is 2.38. The summed E-state index contributed by atoms with van der Waals surface area (Å²) < 4.78 is 0. The number of nitrogens with two attached hydrogens (primary N) is 1. The van der Waals surface area contributed by atoms with E-state index in [0.29, 0.717) is 0 Å². The normalized spacial score (nSPS) is 20.9. The van der Waals surface area contributed by atoms with Crippen LogP contribution in [0.5, 0.6) is 0 Å². The predicted molar refractivity (Wildman–Crippen MR) is 56.5 cm³/mol. The van der Waals surface area contributed by atoms with Crippen molar-refractivity contribution in [2.75, 3.05) is 6.54 Å². The van der Waals surface area contributed by atoms with E-state index in [2.05, 4.69) is 29.4 Å². The topological polar surface area (TPSA) is 58.4 Å². The van der Waals surface area contributed by atoms with Gasteiger partial charge in [-0.05, 0) is 25.5 Å². The summed E-state index contributed by atoms with van der Waals surface area (Å²) in [6.45, 7) is 3.14. The van der Waals surface area contributed by atoms with Crippen molar-refractivity contribution < 1.29 is 4.79 Å². The smallest absolute Gasteiger partial charge is 0.313 e. The Morgan fingerprint density at radius 1 is 1.71 bits per heavy atom. The summed E-state index contributed by atoms with van der Waals surface area (Å²) in [6, 6.07) is -0.438. The van der Waals surface area contributed by atoms with Gasteiger partial charge in [0.1, 0.15) is 6.17 Å². The molecular formula is C10H19N3O. The van der Waals surface area contributed by atoms with Crippen LogP contribution in [0.15, 0.2) is 12.3 Å². The minimum absolute atomic E-state index is 0.0871. The summed E-state index contributed by atoms with van der Waals surface area (Å²) in [6.07, 6.45) is 8.53. The highest BCUT2D eigenvalue weighted by molar-refractivity contribution is 5.71. The first kappa shape index (κ1) is 10.9. The van der Waals surface area contributed by atoms with Gasteiger partial charge < -0.3 is 16.0 Å². The molecule has 80 valence electrons. The number of rotatable bonds is 4. The predicted octanol–water partition coefficient (Wildman–Crippen LogP) is 1.39. The maximum absolute atomic E-state index is 10.7. The molecule has 14 heavy (non-hydrogen) atoms. The van der Waals surface area contributed by atoms with Crippen LogP contribution in [0.4, 0.5) is 4.79 Å². The lowest BCUT2D eigenvalue weighted by Crippen LogP contribution is -2.49. The van der Waals surface area contributed by atoms with Crippen molar-refractivity contribution in [2.45, 2.75) is 38.8 Å². The summed E-state index contributed by atoms with van der Waals surface area (Å²) in [4.78, 5) is 12.9. The first-order chi connectivity index (χ1) is 6.74. The third-order valence-electron chi connectivity index (χ3n) is 2.38. The molecule has 0 spiro atoms. The molecule has 0 aromatic heterocycles. The molecule has 0 aliphatic carbocycles. The molecule has 1 heterocycles. The average molecular weight is 197 g/mol. The molecule has 1 unspecified atom stereocenters. The number of carbonyl (C=O) groups excluding carboxylic acids is 1. The zero-order valence-corrected chi connectivity index (χ0v) is 8.70. The molecule has 0 saturated carbocycles. The molecule has 0 fully saturated rings. The molecule has 0 aromatic carbocycles. The highest BCUT2D eigenvalue weighted by atomic mass is 16.2. The van der Waals surface area contributed by atoms with Crippen LogP contribution in [0.2, 0.25) is 0 Å². The fourth-order valence-corrected chi connectivity index (χ4v) is 1.62. The molecule has 0 saturated heterocycles. The number of hydrogen-bond donors (Lipinski definition) is 2. The molecule has 1 aliphatic rings. The van der Waals surface area contributed by atoms with Crippen LogP contribution in [0.1, 0.15) is 32.6 Å². The Morgan fingerprint density at radius 3 is 3.14 bits per heavy atom.